The highest BCUT2D eigenvalue weighted by Crippen LogP contribution is 2.37. The molecule has 154 valence electrons. The molecule has 2 aliphatic rings. The molecule has 1 atom stereocenters. The summed E-state index contributed by atoms with van der Waals surface area (Å²) in [7, 11) is -3.81. The van der Waals surface area contributed by atoms with Gasteiger partial charge >= 0.3 is 5.97 Å². The molecule has 0 N–H and O–H groups in total. The standard InChI is InChI=1S/C19H25BrN2O5S/c1-3-18(23)22-9-7-13-10-15(20)17(11-16(13)22)28(25,26)21-8-5-6-14(12-21)19(24)27-4-2/h10-11,14H,3-9,12H2,1-2H3/t14-/m0/s1. The molecule has 9 heteroatoms. The minimum absolute atomic E-state index is 0.0234. The quantitative estimate of drug-likeness (QED) is 0.615. The van der Waals surface area contributed by atoms with Crippen molar-refractivity contribution in [2.24, 2.45) is 5.92 Å². The highest BCUT2D eigenvalue weighted by atomic mass is 79.9. The van der Waals surface area contributed by atoms with E-state index < -0.39 is 15.9 Å². The van der Waals surface area contributed by atoms with Gasteiger partial charge in [0.1, 0.15) is 0 Å². The number of rotatable bonds is 5. The van der Waals surface area contributed by atoms with Gasteiger partial charge < -0.3 is 9.64 Å². The maximum atomic E-state index is 13.3. The zero-order chi connectivity index (χ0) is 20.5. The highest BCUT2D eigenvalue weighted by Gasteiger charge is 2.36. The summed E-state index contributed by atoms with van der Waals surface area (Å²) in [6.07, 6.45) is 2.29. The molecule has 2 heterocycles. The Morgan fingerprint density at radius 3 is 2.68 bits per heavy atom. The van der Waals surface area contributed by atoms with Crippen LogP contribution in [0.3, 0.4) is 0 Å². The van der Waals surface area contributed by atoms with Crippen molar-refractivity contribution in [2.45, 2.75) is 44.4 Å². The van der Waals surface area contributed by atoms with Crippen LogP contribution in [0.2, 0.25) is 0 Å². The SMILES string of the molecule is CCOC(=O)[C@H]1CCCN(S(=O)(=O)c2cc3c(cc2Br)CCN3C(=O)CC)C1. The number of esters is 1. The molecule has 2 aliphatic heterocycles. The number of hydrogen-bond acceptors (Lipinski definition) is 5. The van der Waals surface area contributed by atoms with E-state index in [4.69, 9.17) is 4.74 Å². The number of piperidine rings is 1. The Labute approximate surface area is 174 Å². The van der Waals surface area contributed by atoms with Gasteiger partial charge in [0.25, 0.3) is 0 Å². The zero-order valence-corrected chi connectivity index (χ0v) is 18.5. The predicted octanol–water partition coefficient (Wildman–Crippen LogP) is 2.71. The van der Waals surface area contributed by atoms with Crippen molar-refractivity contribution in [1.82, 2.24) is 4.31 Å². The number of benzene rings is 1. The first kappa shape index (κ1) is 21.3. The lowest BCUT2D eigenvalue weighted by atomic mass is 10.0. The zero-order valence-electron chi connectivity index (χ0n) is 16.1. The largest absolute Gasteiger partial charge is 0.466 e. The molecule has 1 fully saturated rings. The van der Waals surface area contributed by atoms with E-state index in [1.165, 1.54) is 4.31 Å². The fraction of sp³-hybridized carbons (Fsp3) is 0.579. The van der Waals surface area contributed by atoms with Crippen LogP contribution in [0.15, 0.2) is 21.5 Å². The number of hydrogen-bond donors (Lipinski definition) is 0. The number of carbonyl (C=O) groups is 2. The second-order valence-corrected chi connectivity index (χ2v) is 9.78. The van der Waals surface area contributed by atoms with Gasteiger partial charge in [-0.15, -0.1) is 0 Å². The van der Waals surface area contributed by atoms with E-state index in [1.807, 2.05) is 0 Å². The summed E-state index contributed by atoms with van der Waals surface area (Å²) in [5.74, 6) is -0.824. The van der Waals surface area contributed by atoms with Crippen LogP contribution >= 0.6 is 15.9 Å². The predicted molar refractivity (Wildman–Crippen MR) is 109 cm³/mol. The lowest BCUT2D eigenvalue weighted by molar-refractivity contribution is -0.149. The highest BCUT2D eigenvalue weighted by molar-refractivity contribution is 9.10. The molecule has 0 spiro atoms. The van der Waals surface area contributed by atoms with Gasteiger partial charge in [-0.2, -0.15) is 4.31 Å². The molecule has 7 nitrogen and oxygen atoms in total. The minimum Gasteiger partial charge on any atom is -0.466 e. The fourth-order valence-corrected chi connectivity index (χ4v) is 6.38. The van der Waals surface area contributed by atoms with Crippen LogP contribution in [-0.4, -0.2) is 50.8 Å². The number of ether oxygens (including phenoxy) is 1. The topological polar surface area (TPSA) is 84.0 Å². The van der Waals surface area contributed by atoms with Crippen LogP contribution in [0.25, 0.3) is 0 Å². The molecule has 0 aromatic heterocycles. The Balaban J connectivity index is 1.92. The molecule has 1 saturated heterocycles. The smallest absolute Gasteiger partial charge is 0.310 e. The third kappa shape index (κ3) is 3.97. The summed E-state index contributed by atoms with van der Waals surface area (Å²) < 4.78 is 33.5. The summed E-state index contributed by atoms with van der Waals surface area (Å²) >= 11 is 3.39. The monoisotopic (exact) mass is 472 g/mol. The van der Waals surface area contributed by atoms with Crippen LogP contribution in [-0.2, 0) is 30.8 Å². The van der Waals surface area contributed by atoms with Crippen molar-refractivity contribution in [2.75, 3.05) is 31.1 Å². The van der Waals surface area contributed by atoms with Crippen molar-refractivity contribution < 1.29 is 22.7 Å². The van der Waals surface area contributed by atoms with E-state index in [0.29, 0.717) is 48.9 Å². The van der Waals surface area contributed by atoms with Gasteiger partial charge in [0.2, 0.25) is 15.9 Å². The van der Waals surface area contributed by atoms with Gasteiger partial charge in [0.15, 0.2) is 0 Å². The summed E-state index contributed by atoms with van der Waals surface area (Å²) in [6.45, 7) is 4.84. The van der Waals surface area contributed by atoms with Crippen LogP contribution < -0.4 is 4.90 Å². The number of carbonyl (C=O) groups excluding carboxylic acids is 2. The van der Waals surface area contributed by atoms with Gasteiger partial charge in [-0.3, -0.25) is 9.59 Å². The lowest BCUT2D eigenvalue weighted by Crippen LogP contribution is -2.42. The Morgan fingerprint density at radius 2 is 2.00 bits per heavy atom. The van der Waals surface area contributed by atoms with Crippen molar-refractivity contribution in [3.8, 4) is 0 Å². The first-order valence-corrected chi connectivity index (χ1v) is 11.8. The fourth-order valence-electron chi connectivity index (χ4n) is 3.79. The number of fused-ring (bicyclic) bond motifs is 1. The number of nitrogens with zero attached hydrogens (tertiary/aromatic N) is 2. The Morgan fingerprint density at radius 1 is 1.25 bits per heavy atom. The maximum Gasteiger partial charge on any atom is 0.310 e. The second-order valence-electron chi connectivity index (χ2n) is 7.01. The van der Waals surface area contributed by atoms with Gasteiger partial charge in [0.05, 0.1) is 17.4 Å². The molecule has 1 amide bonds. The van der Waals surface area contributed by atoms with Crippen molar-refractivity contribution >= 4 is 43.5 Å². The first-order chi connectivity index (χ1) is 13.3. The second kappa shape index (κ2) is 8.51. The van der Waals surface area contributed by atoms with Crippen LogP contribution in [0.5, 0.6) is 0 Å². The van der Waals surface area contributed by atoms with E-state index in [2.05, 4.69) is 15.9 Å². The van der Waals surface area contributed by atoms with E-state index in [9.17, 15) is 18.0 Å². The van der Waals surface area contributed by atoms with Gasteiger partial charge in [-0.05, 0) is 59.8 Å². The van der Waals surface area contributed by atoms with Crippen LogP contribution in [0, 0.1) is 5.92 Å². The van der Waals surface area contributed by atoms with Gasteiger partial charge in [0, 0.05) is 36.2 Å². The molecule has 0 radical (unpaired) electrons. The molecule has 0 unspecified atom stereocenters. The first-order valence-electron chi connectivity index (χ1n) is 9.59. The summed E-state index contributed by atoms with van der Waals surface area (Å²) in [5, 5.41) is 0. The number of amides is 1. The van der Waals surface area contributed by atoms with E-state index in [-0.39, 0.29) is 29.9 Å². The Kier molecular flexibility index (Phi) is 6.46. The van der Waals surface area contributed by atoms with Gasteiger partial charge in [-0.25, -0.2) is 8.42 Å². The molecule has 1 aromatic rings. The molecule has 0 saturated carbocycles. The molecule has 1 aromatic carbocycles. The summed E-state index contributed by atoms with van der Waals surface area (Å²) in [6, 6.07) is 3.38. The Bertz CT molecular complexity index is 887. The molecule has 28 heavy (non-hydrogen) atoms. The summed E-state index contributed by atoms with van der Waals surface area (Å²) in [4.78, 5) is 26.1. The van der Waals surface area contributed by atoms with Gasteiger partial charge in [-0.1, -0.05) is 6.92 Å². The number of halogens is 1. The molecule has 0 aliphatic carbocycles. The lowest BCUT2D eigenvalue weighted by Gasteiger charge is -2.31. The maximum absolute atomic E-state index is 13.3. The average Bonchev–Trinajstić information content (AvgIpc) is 3.09. The van der Waals surface area contributed by atoms with E-state index >= 15 is 0 Å². The molecule has 0 bridgehead atoms. The van der Waals surface area contributed by atoms with Crippen LogP contribution in [0.4, 0.5) is 5.69 Å². The average molecular weight is 473 g/mol. The van der Waals surface area contributed by atoms with E-state index in [1.54, 1.807) is 30.9 Å². The van der Waals surface area contributed by atoms with Crippen molar-refractivity contribution in [3.05, 3.63) is 22.2 Å². The summed E-state index contributed by atoms with van der Waals surface area (Å²) in [5.41, 5.74) is 1.61. The van der Waals surface area contributed by atoms with Crippen molar-refractivity contribution in [1.29, 1.82) is 0 Å². The molecular weight excluding hydrogens is 448 g/mol. The number of anilines is 1. The third-order valence-electron chi connectivity index (χ3n) is 5.25. The normalized spacial score (nSPS) is 20.1. The molecular formula is C19H25BrN2O5S. The third-order valence-corrected chi connectivity index (χ3v) is 8.08. The number of sulfonamides is 1. The van der Waals surface area contributed by atoms with Crippen LogP contribution in [0.1, 0.15) is 38.7 Å². The minimum atomic E-state index is -3.81. The Hall–Kier alpha value is -1.45. The van der Waals surface area contributed by atoms with Crippen molar-refractivity contribution in [3.63, 3.8) is 0 Å². The van der Waals surface area contributed by atoms with E-state index in [0.717, 1.165) is 5.56 Å². The molecule has 3 rings (SSSR count).